The summed E-state index contributed by atoms with van der Waals surface area (Å²) in [5.41, 5.74) is 7.03. The average Bonchev–Trinajstić information content (AvgIpc) is 3.10. The van der Waals surface area contributed by atoms with Crippen LogP contribution in [0.5, 0.6) is 11.5 Å². The number of nitrogen functional groups attached to an aromatic ring is 1. The van der Waals surface area contributed by atoms with E-state index in [-0.39, 0.29) is 23.7 Å². The van der Waals surface area contributed by atoms with E-state index in [2.05, 4.69) is 10.2 Å². The number of ether oxygens (including phenoxy) is 2. The van der Waals surface area contributed by atoms with Gasteiger partial charge in [-0.25, -0.2) is 0 Å². The lowest BCUT2D eigenvalue weighted by Gasteiger charge is -2.00. The van der Waals surface area contributed by atoms with Crippen LogP contribution in [0.25, 0.3) is 11.6 Å². The third kappa shape index (κ3) is 2.13. The van der Waals surface area contributed by atoms with Crippen LogP contribution in [-0.4, -0.2) is 17.0 Å². The molecule has 21 heavy (non-hydrogen) atoms. The molecule has 0 spiro atoms. The number of hydrogen-bond acceptors (Lipinski definition) is 6. The van der Waals surface area contributed by atoms with Gasteiger partial charge in [-0.2, -0.15) is 15.6 Å². The highest BCUT2D eigenvalue weighted by Gasteiger charge is 2.16. The van der Waals surface area contributed by atoms with Crippen LogP contribution < -0.4 is 15.2 Å². The first-order valence-electron chi connectivity index (χ1n) is 5.98. The average molecular weight is 279 g/mol. The Balaban J connectivity index is 2.04. The normalized spacial score (nSPS) is 12.8. The zero-order chi connectivity index (χ0) is 14.8. The van der Waals surface area contributed by atoms with Crippen molar-refractivity contribution < 1.29 is 9.47 Å². The molecule has 102 valence electrons. The van der Waals surface area contributed by atoms with Crippen LogP contribution in [0.2, 0.25) is 0 Å². The molecule has 1 aliphatic rings. The van der Waals surface area contributed by atoms with E-state index in [1.807, 2.05) is 12.1 Å². The Bertz CT molecular complexity index is 823. The van der Waals surface area contributed by atoms with Gasteiger partial charge in [-0.05, 0) is 23.8 Å². The highest BCUT2D eigenvalue weighted by atomic mass is 16.7. The summed E-state index contributed by atoms with van der Waals surface area (Å²) in [6, 6.07) is 9.27. The van der Waals surface area contributed by atoms with Gasteiger partial charge >= 0.3 is 0 Å². The Hall–Kier alpha value is -3.45. The topological polar surface area (TPSA) is 121 Å². The zero-order valence-electron chi connectivity index (χ0n) is 10.8. The second kappa shape index (κ2) is 4.91. The number of allylic oxidation sites excluding steroid dienone is 1. The predicted octanol–water partition coefficient (Wildman–Crippen LogP) is 1.66. The van der Waals surface area contributed by atoms with E-state index in [1.165, 1.54) is 0 Å². The largest absolute Gasteiger partial charge is 0.454 e. The van der Waals surface area contributed by atoms with Crippen molar-refractivity contribution in [2.45, 2.75) is 0 Å². The third-order valence-corrected chi connectivity index (χ3v) is 3.00. The van der Waals surface area contributed by atoms with Crippen LogP contribution in [0, 0.1) is 22.7 Å². The molecule has 2 aromatic rings. The number of rotatable bonds is 2. The maximum atomic E-state index is 9.29. The lowest BCUT2D eigenvalue weighted by molar-refractivity contribution is 0.174. The minimum atomic E-state index is 0.0688. The summed E-state index contributed by atoms with van der Waals surface area (Å²) >= 11 is 0. The van der Waals surface area contributed by atoms with E-state index in [1.54, 1.807) is 24.3 Å². The fourth-order valence-electron chi connectivity index (χ4n) is 1.99. The number of anilines is 1. The summed E-state index contributed by atoms with van der Waals surface area (Å²) in [7, 11) is 0. The summed E-state index contributed by atoms with van der Waals surface area (Å²) in [6.07, 6.45) is 1.62. The van der Waals surface area contributed by atoms with Crippen LogP contribution in [0.4, 0.5) is 5.82 Å². The number of hydrogen-bond donors (Lipinski definition) is 2. The number of aromatic amines is 1. The highest BCUT2D eigenvalue weighted by Crippen LogP contribution is 2.33. The van der Waals surface area contributed by atoms with Crippen LogP contribution in [0.15, 0.2) is 18.2 Å². The summed E-state index contributed by atoms with van der Waals surface area (Å²) in [5, 5.41) is 24.7. The van der Waals surface area contributed by atoms with Crippen LogP contribution in [0.1, 0.15) is 16.8 Å². The van der Waals surface area contributed by atoms with E-state index < -0.39 is 0 Å². The molecule has 0 fully saturated rings. The number of nitrogens with two attached hydrogens (primary N) is 1. The SMILES string of the molecule is N#CC(=Cc1ccc2c(c1)OCO2)c1[nH]nc(N)c1C#N. The molecule has 1 aliphatic heterocycles. The van der Waals surface area contributed by atoms with Gasteiger partial charge in [-0.15, -0.1) is 0 Å². The zero-order valence-corrected chi connectivity index (χ0v) is 10.8. The maximum absolute atomic E-state index is 9.29. The molecule has 7 nitrogen and oxygen atoms in total. The minimum absolute atomic E-state index is 0.0688. The Morgan fingerprint density at radius 2 is 2.14 bits per heavy atom. The monoisotopic (exact) mass is 279 g/mol. The van der Waals surface area contributed by atoms with Gasteiger partial charge in [0, 0.05) is 0 Å². The Morgan fingerprint density at radius 1 is 1.33 bits per heavy atom. The number of nitrogens with zero attached hydrogens (tertiary/aromatic N) is 3. The number of H-pyrrole nitrogens is 1. The first kappa shape index (κ1) is 12.6. The molecule has 0 saturated heterocycles. The summed E-state index contributed by atoms with van der Waals surface area (Å²) < 4.78 is 10.5. The number of nitriles is 2. The number of nitrogens with one attached hydrogen (secondary N) is 1. The van der Waals surface area contributed by atoms with Crippen LogP contribution in [0.3, 0.4) is 0 Å². The maximum Gasteiger partial charge on any atom is 0.231 e. The van der Waals surface area contributed by atoms with Gasteiger partial charge < -0.3 is 15.2 Å². The molecule has 0 saturated carbocycles. The van der Waals surface area contributed by atoms with E-state index >= 15 is 0 Å². The predicted molar refractivity (Wildman–Crippen MR) is 73.8 cm³/mol. The minimum Gasteiger partial charge on any atom is -0.454 e. The van der Waals surface area contributed by atoms with Crippen molar-refractivity contribution >= 4 is 17.5 Å². The molecule has 2 heterocycles. The fourth-order valence-corrected chi connectivity index (χ4v) is 1.99. The molecule has 1 aromatic carbocycles. The molecule has 0 atom stereocenters. The first-order valence-corrected chi connectivity index (χ1v) is 5.98. The van der Waals surface area contributed by atoms with Crippen molar-refractivity contribution in [2.24, 2.45) is 0 Å². The van der Waals surface area contributed by atoms with E-state index in [0.29, 0.717) is 17.2 Å². The van der Waals surface area contributed by atoms with Crippen molar-refractivity contribution in [2.75, 3.05) is 12.5 Å². The number of aromatic nitrogens is 2. The molecule has 3 rings (SSSR count). The molecule has 0 radical (unpaired) electrons. The van der Waals surface area contributed by atoms with Crippen molar-refractivity contribution in [3.63, 3.8) is 0 Å². The van der Waals surface area contributed by atoms with Gasteiger partial charge in [-0.3, -0.25) is 5.10 Å². The van der Waals surface area contributed by atoms with Crippen molar-refractivity contribution in [1.82, 2.24) is 10.2 Å². The quantitative estimate of drug-likeness (QED) is 0.806. The highest BCUT2D eigenvalue weighted by molar-refractivity contribution is 5.91. The van der Waals surface area contributed by atoms with Gasteiger partial charge in [0.15, 0.2) is 17.3 Å². The van der Waals surface area contributed by atoms with Gasteiger partial charge in [-0.1, -0.05) is 6.07 Å². The molecule has 0 bridgehead atoms. The Morgan fingerprint density at radius 3 is 2.90 bits per heavy atom. The number of benzene rings is 1. The van der Waals surface area contributed by atoms with Crippen LogP contribution in [-0.2, 0) is 0 Å². The molecular formula is C14H9N5O2. The second-order valence-electron chi connectivity index (χ2n) is 4.25. The lowest BCUT2D eigenvalue weighted by Crippen LogP contribution is -1.92. The smallest absolute Gasteiger partial charge is 0.231 e. The molecule has 0 unspecified atom stereocenters. The van der Waals surface area contributed by atoms with Crippen molar-refractivity contribution in [3.05, 3.63) is 35.0 Å². The van der Waals surface area contributed by atoms with Crippen LogP contribution >= 0.6 is 0 Å². The van der Waals surface area contributed by atoms with Crippen molar-refractivity contribution in [3.8, 4) is 23.6 Å². The molecule has 0 amide bonds. The summed E-state index contributed by atoms with van der Waals surface area (Å²) in [4.78, 5) is 0. The molecule has 3 N–H and O–H groups in total. The number of fused-ring (bicyclic) bond motifs is 1. The lowest BCUT2D eigenvalue weighted by atomic mass is 10.1. The third-order valence-electron chi connectivity index (χ3n) is 3.00. The van der Waals surface area contributed by atoms with Gasteiger partial charge in [0.05, 0.1) is 11.3 Å². The van der Waals surface area contributed by atoms with E-state index in [0.717, 1.165) is 5.56 Å². The Labute approximate surface area is 119 Å². The molecule has 1 aromatic heterocycles. The molecule has 7 heteroatoms. The van der Waals surface area contributed by atoms with Gasteiger partial charge in [0.1, 0.15) is 17.7 Å². The summed E-state index contributed by atoms with van der Waals surface area (Å²) in [5.74, 6) is 1.35. The first-order chi connectivity index (χ1) is 10.2. The fraction of sp³-hybridized carbons (Fsp3) is 0.0714. The van der Waals surface area contributed by atoms with E-state index in [4.69, 9.17) is 20.5 Å². The standard InChI is InChI=1S/C14H9N5O2/c15-5-9(13-10(6-16)14(17)19-18-13)3-8-1-2-11-12(4-8)21-7-20-11/h1-4H,7H2,(H3,17,18,19). The summed E-state index contributed by atoms with van der Waals surface area (Å²) in [6.45, 7) is 0.184. The Kier molecular flexibility index (Phi) is 2.94. The molecule has 0 aliphatic carbocycles. The van der Waals surface area contributed by atoms with Crippen molar-refractivity contribution in [1.29, 1.82) is 10.5 Å². The molecular weight excluding hydrogens is 270 g/mol. The van der Waals surface area contributed by atoms with Gasteiger partial charge in [0.2, 0.25) is 6.79 Å². The van der Waals surface area contributed by atoms with Gasteiger partial charge in [0.25, 0.3) is 0 Å². The van der Waals surface area contributed by atoms with E-state index in [9.17, 15) is 5.26 Å². The second-order valence-corrected chi connectivity index (χ2v) is 4.25.